The smallest absolute Gasteiger partial charge is 0.410 e. The Morgan fingerprint density at radius 1 is 1.17 bits per heavy atom. The summed E-state index contributed by atoms with van der Waals surface area (Å²) in [6, 6.07) is 9.99. The molecule has 2 saturated heterocycles. The predicted octanol–water partition coefficient (Wildman–Crippen LogP) is 4.58. The van der Waals surface area contributed by atoms with Gasteiger partial charge in [0.1, 0.15) is 6.61 Å². The highest BCUT2D eigenvalue weighted by Crippen LogP contribution is 2.37. The van der Waals surface area contributed by atoms with Crippen molar-refractivity contribution in [2.45, 2.75) is 55.8 Å². The molecule has 8 nitrogen and oxygen atoms in total. The third-order valence-electron chi connectivity index (χ3n) is 6.80. The van der Waals surface area contributed by atoms with Gasteiger partial charge in [-0.15, -0.1) is 11.8 Å². The fourth-order valence-corrected chi connectivity index (χ4v) is 6.27. The number of carbonyl (C=O) groups excluding carboxylic acids is 2. The Morgan fingerprint density at radius 3 is 2.57 bits per heavy atom. The molecular formula is C26H31N5O3S. The van der Waals surface area contributed by atoms with E-state index in [1.165, 1.54) is 0 Å². The van der Waals surface area contributed by atoms with E-state index in [0.29, 0.717) is 30.5 Å². The van der Waals surface area contributed by atoms with Crippen molar-refractivity contribution in [1.29, 1.82) is 0 Å². The topological polar surface area (TPSA) is 80.6 Å². The lowest BCUT2D eigenvalue weighted by Crippen LogP contribution is -2.47. The minimum Gasteiger partial charge on any atom is -0.447 e. The maximum atomic E-state index is 13.7. The summed E-state index contributed by atoms with van der Waals surface area (Å²) < 4.78 is 7.19. The van der Waals surface area contributed by atoms with Crippen molar-refractivity contribution in [2.75, 3.05) is 19.7 Å². The van der Waals surface area contributed by atoms with Crippen LogP contribution in [0.5, 0.6) is 0 Å². The number of ether oxygens (including phenoxy) is 1. The van der Waals surface area contributed by atoms with Gasteiger partial charge in [0.25, 0.3) is 5.91 Å². The summed E-state index contributed by atoms with van der Waals surface area (Å²) in [5.74, 6) is -0.00661. The van der Waals surface area contributed by atoms with Gasteiger partial charge in [-0.2, -0.15) is 5.10 Å². The zero-order valence-electron chi connectivity index (χ0n) is 20.6. The number of cyclic esters (lactones) is 1. The maximum absolute atomic E-state index is 13.7. The first-order chi connectivity index (χ1) is 16.8. The quantitative estimate of drug-likeness (QED) is 0.484. The van der Waals surface area contributed by atoms with E-state index in [9.17, 15) is 9.59 Å². The van der Waals surface area contributed by atoms with Crippen LogP contribution in [-0.2, 0) is 11.8 Å². The normalized spacial score (nSPS) is 19.1. The third-order valence-corrected chi connectivity index (χ3v) is 7.94. The van der Waals surface area contributed by atoms with Crippen LogP contribution < -0.4 is 0 Å². The second-order valence-electron chi connectivity index (χ2n) is 9.51. The van der Waals surface area contributed by atoms with E-state index in [1.54, 1.807) is 22.6 Å². The summed E-state index contributed by atoms with van der Waals surface area (Å²) in [4.78, 5) is 35.6. The van der Waals surface area contributed by atoms with Crippen LogP contribution in [-0.4, -0.2) is 67.6 Å². The molecule has 2 fully saturated rings. The number of aromatic nitrogens is 3. The molecule has 0 aliphatic carbocycles. The van der Waals surface area contributed by atoms with E-state index >= 15 is 0 Å². The van der Waals surface area contributed by atoms with E-state index in [2.05, 4.69) is 23.9 Å². The molecule has 2 aliphatic heterocycles. The summed E-state index contributed by atoms with van der Waals surface area (Å²) in [6.45, 7) is 7.76. The van der Waals surface area contributed by atoms with Crippen LogP contribution in [0.2, 0.25) is 0 Å². The number of hydrogen-bond donors (Lipinski definition) is 0. The van der Waals surface area contributed by atoms with Crippen molar-refractivity contribution in [3.8, 4) is 0 Å². The fraction of sp³-hybridized carbons (Fsp3) is 0.462. The molecule has 4 heterocycles. The summed E-state index contributed by atoms with van der Waals surface area (Å²) in [7, 11) is 1.88. The largest absolute Gasteiger partial charge is 0.447 e. The van der Waals surface area contributed by atoms with Gasteiger partial charge in [-0.05, 0) is 25.3 Å². The molecule has 3 aromatic rings. The first kappa shape index (κ1) is 23.7. The molecule has 0 spiro atoms. The van der Waals surface area contributed by atoms with Gasteiger partial charge in [0.05, 0.1) is 22.7 Å². The average Bonchev–Trinajstić information content (AvgIpc) is 3.38. The predicted molar refractivity (Wildman–Crippen MR) is 136 cm³/mol. The molecule has 1 unspecified atom stereocenters. The number of piperidine rings is 1. The number of rotatable bonds is 5. The van der Waals surface area contributed by atoms with Gasteiger partial charge in [-0.1, -0.05) is 44.2 Å². The molecule has 5 rings (SSSR count). The molecule has 1 aromatic carbocycles. The zero-order chi connectivity index (χ0) is 24.7. The van der Waals surface area contributed by atoms with Crippen LogP contribution in [0.4, 0.5) is 4.79 Å². The van der Waals surface area contributed by atoms with Crippen LogP contribution in [0.25, 0.3) is 11.0 Å². The number of hydrogen-bond acceptors (Lipinski definition) is 6. The highest BCUT2D eigenvalue weighted by atomic mass is 32.2. The molecule has 9 heteroatoms. The zero-order valence-corrected chi connectivity index (χ0v) is 21.4. The van der Waals surface area contributed by atoms with Crippen LogP contribution in [0, 0.1) is 6.92 Å². The Bertz CT molecular complexity index is 1250. The van der Waals surface area contributed by atoms with Gasteiger partial charge in [0.2, 0.25) is 0 Å². The van der Waals surface area contributed by atoms with Crippen molar-refractivity contribution in [3.05, 3.63) is 53.3 Å². The van der Waals surface area contributed by atoms with Crippen molar-refractivity contribution in [3.63, 3.8) is 0 Å². The van der Waals surface area contributed by atoms with Crippen molar-refractivity contribution in [1.82, 2.24) is 24.6 Å². The van der Waals surface area contributed by atoms with E-state index in [1.807, 2.05) is 54.1 Å². The number of nitrogens with zero attached hydrogens (tertiary/aromatic N) is 5. The van der Waals surface area contributed by atoms with Crippen LogP contribution >= 0.6 is 11.8 Å². The number of amides is 2. The number of thioether (sulfide) groups is 1. The van der Waals surface area contributed by atoms with E-state index < -0.39 is 0 Å². The number of fused-ring (bicyclic) bond motifs is 1. The van der Waals surface area contributed by atoms with Gasteiger partial charge < -0.3 is 9.64 Å². The number of pyridine rings is 1. The summed E-state index contributed by atoms with van der Waals surface area (Å²) in [5, 5.41) is 5.80. The minimum atomic E-state index is -0.263. The number of aryl methyl sites for hydroxylation is 2. The second kappa shape index (κ2) is 9.53. The summed E-state index contributed by atoms with van der Waals surface area (Å²) >= 11 is 1.68. The standard InChI is InChI=1S/C26H31N5O3S/c1-16(2)35-23-20(14-27-24-22(23)17(3)28-29(24)4)25(32)30-12-10-19(11-13-30)31-21(15-34-26(31)33)18-8-6-5-7-9-18/h5-9,14,16,19,21H,10-13,15H2,1-4H3. The van der Waals surface area contributed by atoms with Gasteiger partial charge in [-0.3, -0.25) is 14.4 Å². The van der Waals surface area contributed by atoms with Gasteiger partial charge in [0, 0.05) is 42.5 Å². The lowest BCUT2D eigenvalue weighted by molar-refractivity contribution is 0.0633. The second-order valence-corrected chi connectivity index (χ2v) is 11.1. The van der Waals surface area contributed by atoms with E-state index in [4.69, 9.17) is 4.74 Å². The van der Waals surface area contributed by atoms with Gasteiger partial charge in [0.15, 0.2) is 5.65 Å². The summed E-state index contributed by atoms with van der Waals surface area (Å²) in [6.07, 6.45) is 2.88. The Labute approximate surface area is 209 Å². The van der Waals surface area contributed by atoms with E-state index in [-0.39, 0.29) is 24.1 Å². The monoisotopic (exact) mass is 493 g/mol. The van der Waals surface area contributed by atoms with Crippen molar-refractivity contribution in [2.24, 2.45) is 7.05 Å². The molecule has 0 radical (unpaired) electrons. The SMILES string of the molecule is Cc1nn(C)c2ncc(C(=O)N3CCC(N4C(=O)OCC4c4ccccc4)CC3)c(SC(C)C)c12. The summed E-state index contributed by atoms with van der Waals surface area (Å²) in [5.41, 5.74) is 3.39. The Hall–Kier alpha value is -3.07. The van der Waals surface area contributed by atoms with Crippen molar-refractivity contribution < 1.29 is 14.3 Å². The Balaban J connectivity index is 1.36. The molecule has 1 atom stereocenters. The molecule has 0 bridgehead atoms. The van der Waals surface area contributed by atoms with Gasteiger partial charge >= 0.3 is 6.09 Å². The third kappa shape index (κ3) is 4.37. The number of benzene rings is 1. The van der Waals surface area contributed by atoms with Crippen LogP contribution in [0.1, 0.15) is 54.3 Å². The molecule has 0 saturated carbocycles. The van der Waals surface area contributed by atoms with Crippen molar-refractivity contribution >= 4 is 34.8 Å². The van der Waals surface area contributed by atoms with Crippen LogP contribution in [0.15, 0.2) is 41.4 Å². The first-order valence-electron chi connectivity index (χ1n) is 12.1. The molecule has 2 amide bonds. The lowest BCUT2D eigenvalue weighted by Gasteiger charge is -2.38. The minimum absolute atomic E-state index is 0.00661. The molecule has 0 N–H and O–H groups in total. The molecule has 35 heavy (non-hydrogen) atoms. The average molecular weight is 494 g/mol. The molecule has 184 valence electrons. The Morgan fingerprint density at radius 2 is 1.89 bits per heavy atom. The number of carbonyl (C=O) groups is 2. The fourth-order valence-electron chi connectivity index (χ4n) is 5.17. The van der Waals surface area contributed by atoms with Gasteiger partial charge in [-0.25, -0.2) is 9.78 Å². The highest BCUT2D eigenvalue weighted by molar-refractivity contribution is 8.00. The molecule has 2 aromatic heterocycles. The molecular weight excluding hydrogens is 462 g/mol. The molecule has 2 aliphatic rings. The highest BCUT2D eigenvalue weighted by Gasteiger charge is 2.40. The maximum Gasteiger partial charge on any atom is 0.410 e. The lowest BCUT2D eigenvalue weighted by atomic mass is 9.98. The first-order valence-corrected chi connectivity index (χ1v) is 13.0. The van der Waals surface area contributed by atoms with Crippen LogP contribution in [0.3, 0.4) is 0 Å². The number of likely N-dealkylation sites (tertiary alicyclic amines) is 1. The van der Waals surface area contributed by atoms with E-state index in [0.717, 1.165) is 40.0 Å². The Kier molecular flexibility index (Phi) is 6.44.